The van der Waals surface area contributed by atoms with Crippen molar-refractivity contribution in [3.8, 4) is 0 Å². The first kappa shape index (κ1) is 50.8. The first-order valence-electron chi connectivity index (χ1n) is 20.3. The standard InChI is InChI=1S/C40H65N11O8S/c1-7-22(5)32(34(42)54)50-38(58)29(17-24-20-60-30-14-10-9-12-25(24)30)49-36(56)27(13-11-15-45-40(43)44)47-31(53)18-46-39(59)33(23(6)8-2)51-37(57)28(16-21(3)4)48-35(55)26(41)19-52/h9-10,12,14,20-23,26-29,32-33,52H,7-8,11,13,15-19,41H2,1-6H3,(H2,42,54)(H,46,59)(H,47,53)(H,48,55)(H,49,56)(H,50,58)(H,51,57)(H4,43,44,45)/t22-,23-,26-,27-,28-,29-,32-,33-/m0/s1. The molecular formula is C40H65N11O8S. The number of rotatable bonds is 26. The van der Waals surface area contributed by atoms with Crippen molar-refractivity contribution in [3.05, 3.63) is 35.2 Å². The van der Waals surface area contributed by atoms with E-state index in [0.717, 1.165) is 15.6 Å². The topological polar surface area (TPSA) is 328 Å². The number of primary amides is 1. The van der Waals surface area contributed by atoms with Gasteiger partial charge in [0.05, 0.1) is 13.2 Å². The van der Waals surface area contributed by atoms with E-state index in [4.69, 9.17) is 22.9 Å². The zero-order valence-electron chi connectivity index (χ0n) is 35.4. The predicted octanol–water partition coefficient (Wildman–Crippen LogP) is -1.02. The number of nitrogens with zero attached hydrogens (tertiary/aromatic N) is 1. The molecule has 0 saturated carbocycles. The van der Waals surface area contributed by atoms with Crippen LogP contribution >= 0.6 is 11.3 Å². The SMILES string of the molecule is CC[C@H](C)[C@H](NC(=O)[C@H](Cc1csc2ccccc12)NC(=O)[C@H](CCCN=C(N)N)NC(=O)CNC(=O)[C@@H](NC(=O)[C@H](CC(C)C)NC(=O)[C@@H](N)CO)[C@@H](C)CC)C(N)=O. The van der Waals surface area contributed by atoms with Crippen LogP contribution in [-0.4, -0.2) is 108 Å². The van der Waals surface area contributed by atoms with Crippen LogP contribution in [0.2, 0.25) is 0 Å². The summed E-state index contributed by atoms with van der Waals surface area (Å²) in [5, 5.41) is 27.9. The highest BCUT2D eigenvalue weighted by atomic mass is 32.1. The number of benzene rings is 1. The molecule has 334 valence electrons. The van der Waals surface area contributed by atoms with Crippen molar-refractivity contribution < 1.29 is 38.7 Å². The molecule has 15 N–H and O–H groups in total. The van der Waals surface area contributed by atoms with Crippen molar-refractivity contribution in [2.45, 2.75) is 116 Å². The summed E-state index contributed by atoms with van der Waals surface area (Å²) in [6.07, 6.45) is 1.55. The van der Waals surface area contributed by atoms with Gasteiger partial charge in [-0.15, -0.1) is 11.3 Å². The highest BCUT2D eigenvalue weighted by molar-refractivity contribution is 7.17. The summed E-state index contributed by atoms with van der Waals surface area (Å²) in [4.78, 5) is 97.0. The summed E-state index contributed by atoms with van der Waals surface area (Å²) < 4.78 is 0.972. The van der Waals surface area contributed by atoms with Crippen LogP contribution in [0.1, 0.15) is 79.2 Å². The number of thiophene rings is 1. The highest BCUT2D eigenvalue weighted by Crippen LogP contribution is 2.27. The smallest absolute Gasteiger partial charge is 0.243 e. The van der Waals surface area contributed by atoms with Crippen molar-refractivity contribution in [3.63, 3.8) is 0 Å². The molecule has 20 heteroatoms. The second-order valence-electron chi connectivity index (χ2n) is 15.4. The van der Waals surface area contributed by atoms with Gasteiger partial charge < -0.3 is 59.9 Å². The van der Waals surface area contributed by atoms with Crippen LogP contribution in [0.15, 0.2) is 34.6 Å². The van der Waals surface area contributed by atoms with Gasteiger partial charge in [-0.1, -0.05) is 72.6 Å². The third-order valence-corrected chi connectivity index (χ3v) is 11.1. The quantitative estimate of drug-likeness (QED) is 0.0309. The van der Waals surface area contributed by atoms with Crippen LogP contribution in [0, 0.1) is 17.8 Å². The van der Waals surface area contributed by atoms with E-state index >= 15 is 0 Å². The van der Waals surface area contributed by atoms with Crippen molar-refractivity contribution in [2.75, 3.05) is 19.7 Å². The van der Waals surface area contributed by atoms with E-state index < -0.39 is 96.7 Å². The van der Waals surface area contributed by atoms with Crippen molar-refractivity contribution in [2.24, 2.45) is 45.7 Å². The van der Waals surface area contributed by atoms with Gasteiger partial charge in [0.25, 0.3) is 0 Å². The molecule has 2 aromatic rings. The van der Waals surface area contributed by atoms with E-state index in [2.05, 4.69) is 36.9 Å². The van der Waals surface area contributed by atoms with Crippen LogP contribution in [0.3, 0.4) is 0 Å². The molecule has 1 aromatic heterocycles. The zero-order chi connectivity index (χ0) is 45.1. The fourth-order valence-corrected chi connectivity index (χ4v) is 7.17. The number of aliphatic hydroxyl groups is 1. The first-order valence-corrected chi connectivity index (χ1v) is 21.2. The van der Waals surface area contributed by atoms with E-state index in [0.29, 0.717) is 12.8 Å². The van der Waals surface area contributed by atoms with Crippen molar-refractivity contribution in [1.29, 1.82) is 0 Å². The second-order valence-corrected chi connectivity index (χ2v) is 16.3. The van der Waals surface area contributed by atoms with Crippen molar-refractivity contribution >= 4 is 68.7 Å². The van der Waals surface area contributed by atoms with E-state index in [1.165, 1.54) is 11.3 Å². The monoisotopic (exact) mass is 859 g/mol. The Bertz CT molecular complexity index is 1800. The molecule has 0 unspecified atom stereocenters. The van der Waals surface area contributed by atoms with E-state index in [1.807, 2.05) is 57.3 Å². The number of guanidine groups is 1. The van der Waals surface area contributed by atoms with Crippen LogP contribution in [0.4, 0.5) is 0 Å². The average molecular weight is 860 g/mol. The van der Waals surface area contributed by atoms with Gasteiger partial charge in [-0.25, -0.2) is 0 Å². The number of hydrogen-bond donors (Lipinski definition) is 11. The summed E-state index contributed by atoms with van der Waals surface area (Å²) in [5.74, 6) is -5.81. The Labute approximate surface area is 355 Å². The van der Waals surface area contributed by atoms with Crippen molar-refractivity contribution in [1.82, 2.24) is 31.9 Å². The number of carbonyl (C=O) groups excluding carboxylic acids is 7. The molecule has 1 heterocycles. The van der Waals surface area contributed by atoms with Gasteiger partial charge in [-0.05, 0) is 59.4 Å². The molecule has 0 aliphatic heterocycles. The number of hydrogen-bond acceptors (Lipinski definition) is 11. The Morgan fingerprint density at radius 2 is 1.33 bits per heavy atom. The molecule has 8 atom stereocenters. The molecule has 0 saturated heterocycles. The molecule has 1 aromatic carbocycles. The number of nitrogens with one attached hydrogen (secondary N) is 6. The number of amides is 7. The Morgan fingerprint density at radius 1 is 0.750 bits per heavy atom. The lowest BCUT2D eigenvalue weighted by atomic mass is 9.96. The van der Waals surface area contributed by atoms with E-state index in [9.17, 15) is 38.7 Å². The van der Waals surface area contributed by atoms with Gasteiger partial charge in [-0.3, -0.25) is 38.6 Å². The maximum Gasteiger partial charge on any atom is 0.243 e. The summed E-state index contributed by atoms with van der Waals surface area (Å²) in [7, 11) is 0. The minimum absolute atomic E-state index is 0.0310. The van der Waals surface area contributed by atoms with E-state index in [1.54, 1.807) is 13.8 Å². The molecule has 60 heavy (non-hydrogen) atoms. The number of nitrogens with two attached hydrogens (primary N) is 4. The largest absolute Gasteiger partial charge is 0.394 e. The zero-order valence-corrected chi connectivity index (χ0v) is 36.2. The Kier molecular flexibility index (Phi) is 21.4. The molecule has 0 radical (unpaired) electrons. The van der Waals surface area contributed by atoms with E-state index in [-0.39, 0.29) is 50.0 Å². The van der Waals surface area contributed by atoms with Gasteiger partial charge in [0.1, 0.15) is 36.3 Å². The van der Waals surface area contributed by atoms with Gasteiger partial charge >= 0.3 is 0 Å². The molecule has 0 aliphatic carbocycles. The third-order valence-electron chi connectivity index (χ3n) is 10.1. The maximum atomic E-state index is 14.0. The van der Waals surface area contributed by atoms with Gasteiger partial charge in [0.2, 0.25) is 41.4 Å². The molecule has 2 rings (SSSR count). The minimum atomic E-state index is -1.25. The lowest BCUT2D eigenvalue weighted by molar-refractivity contribution is -0.135. The average Bonchev–Trinajstić information content (AvgIpc) is 3.62. The molecule has 0 fully saturated rings. The molecule has 0 bridgehead atoms. The first-order chi connectivity index (χ1) is 28.3. The summed E-state index contributed by atoms with van der Waals surface area (Å²) in [6.45, 7) is 9.78. The number of aliphatic imine (C=N–C) groups is 1. The summed E-state index contributed by atoms with van der Waals surface area (Å²) >= 11 is 1.47. The van der Waals surface area contributed by atoms with Crippen LogP contribution in [0.5, 0.6) is 0 Å². The van der Waals surface area contributed by atoms with Gasteiger partial charge in [0.15, 0.2) is 5.96 Å². The summed E-state index contributed by atoms with van der Waals surface area (Å²) in [5.41, 5.74) is 23.0. The predicted molar refractivity (Wildman–Crippen MR) is 231 cm³/mol. The van der Waals surface area contributed by atoms with Crippen LogP contribution in [0.25, 0.3) is 10.1 Å². The fourth-order valence-electron chi connectivity index (χ4n) is 6.19. The molecular weight excluding hydrogens is 795 g/mol. The fraction of sp³-hybridized carbons (Fsp3) is 0.600. The van der Waals surface area contributed by atoms with Gasteiger partial charge in [-0.2, -0.15) is 0 Å². The Hall–Kier alpha value is -5.34. The third kappa shape index (κ3) is 16.4. The Balaban J connectivity index is 2.32. The van der Waals surface area contributed by atoms with Crippen LogP contribution in [-0.2, 0) is 40.0 Å². The normalized spacial score (nSPS) is 15.2. The lowest BCUT2D eigenvalue weighted by Crippen LogP contribution is -2.59. The van der Waals surface area contributed by atoms with Crippen LogP contribution < -0.4 is 54.8 Å². The molecule has 7 amide bonds. The second kappa shape index (κ2) is 25.3. The van der Waals surface area contributed by atoms with Gasteiger partial charge in [0, 0.05) is 17.7 Å². The number of fused-ring (bicyclic) bond motifs is 1. The molecule has 19 nitrogen and oxygen atoms in total. The molecule has 0 spiro atoms. The number of aliphatic hydroxyl groups excluding tert-OH is 1. The summed E-state index contributed by atoms with van der Waals surface area (Å²) in [6, 6.07) is 0.743. The minimum Gasteiger partial charge on any atom is -0.394 e. The molecule has 0 aliphatic rings. The number of carbonyl (C=O) groups is 7. The lowest BCUT2D eigenvalue weighted by Gasteiger charge is -2.28. The highest BCUT2D eigenvalue weighted by Gasteiger charge is 2.33. The maximum absolute atomic E-state index is 14.0. The Morgan fingerprint density at radius 3 is 1.93 bits per heavy atom.